The van der Waals surface area contributed by atoms with E-state index in [0.717, 1.165) is 11.3 Å². The van der Waals surface area contributed by atoms with Crippen molar-refractivity contribution < 1.29 is 24.2 Å². The summed E-state index contributed by atoms with van der Waals surface area (Å²) < 4.78 is 10.4. The Morgan fingerprint density at radius 2 is 1.71 bits per heavy atom. The Morgan fingerprint density at radius 3 is 2.29 bits per heavy atom. The maximum absolute atomic E-state index is 12.2. The molecule has 1 aromatic carbocycles. The molecule has 132 valence electrons. The van der Waals surface area contributed by atoms with Gasteiger partial charge in [0.15, 0.2) is 0 Å². The van der Waals surface area contributed by atoms with Crippen LogP contribution in [0.1, 0.15) is 31.2 Å². The lowest BCUT2D eigenvalue weighted by Gasteiger charge is -2.25. The van der Waals surface area contributed by atoms with Crippen molar-refractivity contribution >= 4 is 11.9 Å². The molecule has 1 aliphatic carbocycles. The molecule has 0 aromatic heterocycles. The van der Waals surface area contributed by atoms with Crippen LogP contribution in [0.5, 0.6) is 5.75 Å². The Morgan fingerprint density at radius 1 is 1.08 bits per heavy atom. The molecule has 24 heavy (non-hydrogen) atoms. The number of methoxy groups -OCH3 is 1. The van der Waals surface area contributed by atoms with Crippen LogP contribution in [-0.4, -0.2) is 37.3 Å². The summed E-state index contributed by atoms with van der Waals surface area (Å²) in [5, 5.41) is 11.9. The average Bonchev–Trinajstić information content (AvgIpc) is 2.61. The van der Waals surface area contributed by atoms with Crippen molar-refractivity contribution in [3.8, 4) is 5.75 Å². The van der Waals surface area contributed by atoms with Crippen molar-refractivity contribution in [2.45, 2.75) is 32.2 Å². The minimum atomic E-state index is -0.748. The summed E-state index contributed by atoms with van der Waals surface area (Å²) in [6, 6.07) is 7.58. The SMILES string of the molecule is COCCOc1ccc(CNC(=O)C2CCC(C(=O)O)CC2)cc1. The molecule has 0 unspecified atom stereocenters. The summed E-state index contributed by atoms with van der Waals surface area (Å²) in [5.41, 5.74) is 1.00. The first-order valence-corrected chi connectivity index (χ1v) is 8.31. The maximum atomic E-state index is 12.2. The first kappa shape index (κ1) is 18.3. The van der Waals surface area contributed by atoms with Crippen LogP contribution in [0, 0.1) is 11.8 Å². The number of carboxylic acid groups (broad SMARTS) is 1. The number of rotatable bonds is 8. The van der Waals surface area contributed by atoms with Crippen molar-refractivity contribution in [1.82, 2.24) is 5.32 Å². The Bertz CT molecular complexity index is 535. The number of benzene rings is 1. The standard InChI is InChI=1S/C18H25NO5/c1-23-10-11-24-16-8-2-13(3-9-16)12-19-17(20)14-4-6-15(7-5-14)18(21)22/h2-3,8-9,14-15H,4-7,10-12H2,1H3,(H,19,20)(H,21,22). The molecule has 0 bridgehead atoms. The molecule has 0 radical (unpaired) electrons. The van der Waals surface area contributed by atoms with E-state index < -0.39 is 5.97 Å². The number of nitrogens with one attached hydrogen (secondary N) is 1. The van der Waals surface area contributed by atoms with Gasteiger partial charge in [0.2, 0.25) is 5.91 Å². The van der Waals surface area contributed by atoms with Crippen molar-refractivity contribution in [2.75, 3.05) is 20.3 Å². The zero-order valence-electron chi connectivity index (χ0n) is 14.0. The number of hydrogen-bond acceptors (Lipinski definition) is 4. The van der Waals surface area contributed by atoms with E-state index >= 15 is 0 Å². The van der Waals surface area contributed by atoms with Crippen LogP contribution in [0.4, 0.5) is 0 Å². The van der Waals surface area contributed by atoms with Gasteiger partial charge in [0, 0.05) is 19.6 Å². The summed E-state index contributed by atoms with van der Waals surface area (Å²) in [7, 11) is 1.63. The van der Waals surface area contributed by atoms with Gasteiger partial charge in [-0.1, -0.05) is 12.1 Å². The van der Waals surface area contributed by atoms with Gasteiger partial charge >= 0.3 is 5.97 Å². The van der Waals surface area contributed by atoms with E-state index in [2.05, 4.69) is 5.32 Å². The van der Waals surface area contributed by atoms with Crippen LogP contribution in [0.15, 0.2) is 24.3 Å². The van der Waals surface area contributed by atoms with Crippen molar-refractivity contribution in [3.05, 3.63) is 29.8 Å². The maximum Gasteiger partial charge on any atom is 0.306 e. The van der Waals surface area contributed by atoms with Crippen molar-refractivity contribution in [2.24, 2.45) is 11.8 Å². The van der Waals surface area contributed by atoms with Gasteiger partial charge in [-0.05, 0) is 43.4 Å². The molecule has 2 N–H and O–H groups in total. The molecule has 0 atom stereocenters. The van der Waals surface area contributed by atoms with Crippen LogP contribution in [-0.2, 0) is 20.9 Å². The Balaban J connectivity index is 1.73. The second-order valence-corrected chi connectivity index (χ2v) is 6.09. The molecule has 2 rings (SSSR count). The highest BCUT2D eigenvalue weighted by molar-refractivity contribution is 5.79. The minimum absolute atomic E-state index is 0.0132. The van der Waals surface area contributed by atoms with E-state index in [-0.39, 0.29) is 17.7 Å². The van der Waals surface area contributed by atoms with Crippen LogP contribution in [0.2, 0.25) is 0 Å². The van der Waals surface area contributed by atoms with E-state index in [1.54, 1.807) is 7.11 Å². The van der Waals surface area contributed by atoms with E-state index in [0.29, 0.717) is 45.4 Å². The fourth-order valence-corrected chi connectivity index (χ4v) is 2.88. The molecule has 0 saturated heterocycles. The molecule has 1 aliphatic rings. The average molecular weight is 335 g/mol. The summed E-state index contributed by atoms with van der Waals surface area (Å²) in [4.78, 5) is 23.1. The molecule has 0 heterocycles. The fourth-order valence-electron chi connectivity index (χ4n) is 2.88. The third kappa shape index (κ3) is 5.53. The van der Waals surface area contributed by atoms with E-state index in [4.69, 9.17) is 14.6 Å². The number of aliphatic carboxylic acids is 1. The molecular weight excluding hydrogens is 310 g/mol. The van der Waals surface area contributed by atoms with Crippen molar-refractivity contribution in [1.29, 1.82) is 0 Å². The predicted molar refractivity (Wildman–Crippen MR) is 88.7 cm³/mol. The number of hydrogen-bond donors (Lipinski definition) is 2. The lowest BCUT2D eigenvalue weighted by molar-refractivity contribution is -0.144. The topological polar surface area (TPSA) is 84.9 Å². The van der Waals surface area contributed by atoms with Gasteiger partial charge in [-0.25, -0.2) is 0 Å². The van der Waals surface area contributed by atoms with Gasteiger partial charge < -0.3 is 19.9 Å². The van der Waals surface area contributed by atoms with Crippen LogP contribution >= 0.6 is 0 Å². The highest BCUT2D eigenvalue weighted by atomic mass is 16.5. The largest absolute Gasteiger partial charge is 0.491 e. The first-order valence-electron chi connectivity index (χ1n) is 8.31. The van der Waals surface area contributed by atoms with Gasteiger partial charge in [-0.2, -0.15) is 0 Å². The molecule has 1 saturated carbocycles. The molecule has 6 heteroatoms. The van der Waals surface area contributed by atoms with Gasteiger partial charge in [-0.15, -0.1) is 0 Å². The molecule has 6 nitrogen and oxygen atoms in total. The van der Waals surface area contributed by atoms with Gasteiger partial charge in [0.1, 0.15) is 12.4 Å². The Kier molecular flexibility index (Phi) is 7.06. The second-order valence-electron chi connectivity index (χ2n) is 6.09. The fraction of sp³-hybridized carbons (Fsp3) is 0.556. The summed E-state index contributed by atoms with van der Waals surface area (Å²) >= 11 is 0. The number of carbonyl (C=O) groups excluding carboxylic acids is 1. The number of ether oxygens (including phenoxy) is 2. The third-order valence-electron chi connectivity index (χ3n) is 4.39. The monoisotopic (exact) mass is 335 g/mol. The molecule has 1 amide bonds. The van der Waals surface area contributed by atoms with Crippen LogP contribution in [0.25, 0.3) is 0 Å². The molecule has 0 aliphatic heterocycles. The summed E-state index contributed by atoms with van der Waals surface area (Å²) in [5.74, 6) is -0.327. The zero-order valence-corrected chi connectivity index (χ0v) is 14.0. The Hall–Kier alpha value is -2.08. The molecular formula is C18H25NO5. The number of carbonyl (C=O) groups is 2. The van der Waals surface area contributed by atoms with E-state index in [1.165, 1.54) is 0 Å². The summed E-state index contributed by atoms with van der Waals surface area (Å²) in [6.45, 7) is 1.52. The normalized spacial score (nSPS) is 20.4. The smallest absolute Gasteiger partial charge is 0.306 e. The molecule has 0 spiro atoms. The van der Waals surface area contributed by atoms with Gasteiger partial charge in [-0.3, -0.25) is 9.59 Å². The second kappa shape index (κ2) is 9.27. The van der Waals surface area contributed by atoms with Gasteiger partial charge in [0.25, 0.3) is 0 Å². The summed E-state index contributed by atoms with van der Waals surface area (Å²) in [6.07, 6.45) is 2.46. The zero-order chi connectivity index (χ0) is 17.4. The van der Waals surface area contributed by atoms with E-state index in [1.807, 2.05) is 24.3 Å². The lowest BCUT2D eigenvalue weighted by Crippen LogP contribution is -2.34. The molecule has 1 fully saturated rings. The number of amides is 1. The quantitative estimate of drug-likeness (QED) is 0.712. The Labute approximate surface area is 142 Å². The number of carboxylic acids is 1. The van der Waals surface area contributed by atoms with Crippen LogP contribution < -0.4 is 10.1 Å². The highest BCUT2D eigenvalue weighted by Gasteiger charge is 2.29. The predicted octanol–water partition coefficient (Wildman–Crippen LogP) is 2.22. The minimum Gasteiger partial charge on any atom is -0.491 e. The highest BCUT2D eigenvalue weighted by Crippen LogP contribution is 2.29. The van der Waals surface area contributed by atoms with Gasteiger partial charge in [0.05, 0.1) is 12.5 Å². The lowest BCUT2D eigenvalue weighted by atomic mass is 9.81. The first-order chi connectivity index (χ1) is 11.6. The van der Waals surface area contributed by atoms with Crippen LogP contribution in [0.3, 0.4) is 0 Å². The third-order valence-corrected chi connectivity index (χ3v) is 4.39. The van der Waals surface area contributed by atoms with Crippen molar-refractivity contribution in [3.63, 3.8) is 0 Å². The van der Waals surface area contributed by atoms with E-state index in [9.17, 15) is 9.59 Å². The molecule has 1 aromatic rings.